The van der Waals surface area contributed by atoms with Crippen LogP contribution in [0.3, 0.4) is 0 Å². The molecule has 130 valence electrons. The van der Waals surface area contributed by atoms with Gasteiger partial charge in [0, 0.05) is 16.2 Å². The van der Waals surface area contributed by atoms with Gasteiger partial charge in [-0.3, -0.25) is 0 Å². The predicted molar refractivity (Wildman–Crippen MR) is 118 cm³/mol. The number of rotatable bonds is 0. The highest BCUT2D eigenvalue weighted by Gasteiger charge is 2.21. The SMILES string of the molecule is c1ccc2c(c1)Cc1cc3c(cc1-2)c1ccccc1n1c2ccccc2cc31. The highest BCUT2D eigenvalue weighted by Crippen LogP contribution is 2.42. The van der Waals surface area contributed by atoms with E-state index in [0.29, 0.717) is 0 Å². The van der Waals surface area contributed by atoms with Crippen molar-refractivity contribution in [2.45, 2.75) is 6.42 Å². The number of para-hydroxylation sites is 2. The van der Waals surface area contributed by atoms with Crippen LogP contribution >= 0.6 is 0 Å². The minimum absolute atomic E-state index is 1.03. The van der Waals surface area contributed by atoms with E-state index in [1.165, 1.54) is 60.3 Å². The Morgan fingerprint density at radius 1 is 0.500 bits per heavy atom. The summed E-state index contributed by atoms with van der Waals surface area (Å²) >= 11 is 0. The van der Waals surface area contributed by atoms with Gasteiger partial charge in [-0.1, -0.05) is 60.7 Å². The molecule has 28 heavy (non-hydrogen) atoms. The molecular formula is C27H17N. The van der Waals surface area contributed by atoms with Crippen molar-refractivity contribution < 1.29 is 0 Å². The first kappa shape index (κ1) is 14.5. The summed E-state index contributed by atoms with van der Waals surface area (Å²) in [7, 11) is 0. The predicted octanol–water partition coefficient (Wildman–Crippen LogP) is 6.97. The average Bonchev–Trinajstić information content (AvgIpc) is 3.31. The number of aromatic nitrogens is 1. The van der Waals surface area contributed by atoms with Crippen LogP contribution < -0.4 is 0 Å². The van der Waals surface area contributed by atoms with Crippen LogP contribution in [-0.2, 0) is 6.42 Å². The minimum Gasteiger partial charge on any atom is -0.309 e. The van der Waals surface area contributed by atoms with Crippen molar-refractivity contribution in [3.05, 3.63) is 102 Å². The molecule has 2 aromatic heterocycles. The van der Waals surface area contributed by atoms with Gasteiger partial charge in [0.05, 0.1) is 16.6 Å². The fourth-order valence-electron chi connectivity index (χ4n) is 5.13. The quantitative estimate of drug-likeness (QED) is 0.259. The van der Waals surface area contributed by atoms with Crippen molar-refractivity contribution in [3.8, 4) is 11.1 Å². The van der Waals surface area contributed by atoms with E-state index in [1.54, 1.807) is 0 Å². The molecule has 0 saturated carbocycles. The molecule has 1 heteroatoms. The Bertz CT molecular complexity index is 1580. The zero-order chi connectivity index (χ0) is 18.2. The summed E-state index contributed by atoms with van der Waals surface area (Å²) in [4.78, 5) is 0. The normalized spacial score (nSPS) is 12.9. The molecule has 6 aromatic rings. The van der Waals surface area contributed by atoms with Crippen LogP contribution in [0.25, 0.3) is 49.2 Å². The van der Waals surface area contributed by atoms with Crippen LogP contribution in [0.2, 0.25) is 0 Å². The molecule has 2 heterocycles. The lowest BCUT2D eigenvalue weighted by Crippen LogP contribution is -1.92. The maximum absolute atomic E-state index is 2.44. The molecular weight excluding hydrogens is 338 g/mol. The van der Waals surface area contributed by atoms with E-state index in [9.17, 15) is 0 Å². The van der Waals surface area contributed by atoms with Crippen molar-refractivity contribution in [3.63, 3.8) is 0 Å². The van der Waals surface area contributed by atoms with Gasteiger partial charge >= 0.3 is 0 Å². The number of benzene rings is 4. The van der Waals surface area contributed by atoms with Crippen LogP contribution in [0, 0.1) is 0 Å². The molecule has 0 saturated heterocycles. The Balaban J connectivity index is 1.74. The fraction of sp³-hybridized carbons (Fsp3) is 0.0370. The summed E-state index contributed by atoms with van der Waals surface area (Å²) in [6.45, 7) is 0. The van der Waals surface area contributed by atoms with Crippen LogP contribution in [-0.4, -0.2) is 4.40 Å². The molecule has 0 bridgehead atoms. The summed E-state index contributed by atoms with van der Waals surface area (Å²) < 4.78 is 2.43. The fourth-order valence-corrected chi connectivity index (χ4v) is 5.13. The van der Waals surface area contributed by atoms with E-state index in [1.807, 2.05) is 0 Å². The number of hydrogen-bond acceptors (Lipinski definition) is 0. The molecule has 1 aliphatic rings. The Hall–Kier alpha value is -3.58. The molecule has 1 nitrogen and oxygen atoms in total. The molecule has 0 N–H and O–H groups in total. The van der Waals surface area contributed by atoms with Gasteiger partial charge in [-0.25, -0.2) is 0 Å². The van der Waals surface area contributed by atoms with Crippen molar-refractivity contribution in [2.75, 3.05) is 0 Å². The Labute approximate surface area is 162 Å². The summed E-state index contributed by atoms with van der Waals surface area (Å²) in [6.07, 6.45) is 1.03. The molecule has 4 aromatic carbocycles. The number of fused-ring (bicyclic) bond motifs is 11. The van der Waals surface area contributed by atoms with Crippen LogP contribution in [0.4, 0.5) is 0 Å². The Morgan fingerprint density at radius 2 is 1.29 bits per heavy atom. The third-order valence-electron chi connectivity index (χ3n) is 6.35. The van der Waals surface area contributed by atoms with E-state index in [2.05, 4.69) is 95.4 Å². The molecule has 0 amide bonds. The summed E-state index contributed by atoms with van der Waals surface area (Å²) in [5.74, 6) is 0. The summed E-state index contributed by atoms with van der Waals surface area (Å²) in [5, 5.41) is 5.31. The van der Waals surface area contributed by atoms with Crippen molar-refractivity contribution in [2.24, 2.45) is 0 Å². The van der Waals surface area contributed by atoms with Gasteiger partial charge in [0.2, 0.25) is 0 Å². The lowest BCUT2D eigenvalue weighted by atomic mass is 9.97. The topological polar surface area (TPSA) is 4.41 Å². The smallest absolute Gasteiger partial charge is 0.0547 e. The molecule has 0 spiro atoms. The second-order valence-corrected chi connectivity index (χ2v) is 7.83. The van der Waals surface area contributed by atoms with E-state index >= 15 is 0 Å². The van der Waals surface area contributed by atoms with Gasteiger partial charge in [0.15, 0.2) is 0 Å². The first-order chi connectivity index (χ1) is 13.9. The first-order valence-electron chi connectivity index (χ1n) is 9.84. The van der Waals surface area contributed by atoms with Crippen molar-refractivity contribution >= 4 is 38.1 Å². The molecule has 1 aliphatic carbocycles. The molecule has 0 radical (unpaired) electrons. The monoisotopic (exact) mass is 355 g/mol. The second kappa shape index (κ2) is 5.02. The lowest BCUT2D eigenvalue weighted by Gasteiger charge is -2.12. The van der Waals surface area contributed by atoms with Gasteiger partial charge in [-0.05, 0) is 64.4 Å². The third-order valence-corrected chi connectivity index (χ3v) is 6.35. The zero-order valence-electron chi connectivity index (χ0n) is 15.3. The standard InChI is InChI=1S/C27H17N/c1-3-9-20-17(7-1)13-19-14-24-23(16-22(19)20)21-10-4-6-12-26(21)28-25-11-5-2-8-18(25)15-27(24)28/h1-12,14-16H,13H2. The van der Waals surface area contributed by atoms with E-state index in [0.717, 1.165) is 6.42 Å². The second-order valence-electron chi connectivity index (χ2n) is 7.83. The van der Waals surface area contributed by atoms with E-state index in [4.69, 9.17) is 0 Å². The largest absolute Gasteiger partial charge is 0.309 e. The minimum atomic E-state index is 1.03. The van der Waals surface area contributed by atoms with Crippen LogP contribution in [0.1, 0.15) is 11.1 Å². The maximum Gasteiger partial charge on any atom is 0.0547 e. The highest BCUT2D eigenvalue weighted by molar-refractivity contribution is 6.17. The van der Waals surface area contributed by atoms with Gasteiger partial charge in [0.25, 0.3) is 0 Å². The van der Waals surface area contributed by atoms with Crippen LogP contribution in [0.5, 0.6) is 0 Å². The zero-order valence-corrected chi connectivity index (χ0v) is 15.3. The van der Waals surface area contributed by atoms with Gasteiger partial charge in [-0.15, -0.1) is 0 Å². The lowest BCUT2D eigenvalue weighted by molar-refractivity contribution is 1.27. The summed E-state index contributed by atoms with van der Waals surface area (Å²) in [6, 6.07) is 33.5. The Morgan fingerprint density at radius 3 is 2.25 bits per heavy atom. The van der Waals surface area contributed by atoms with Gasteiger partial charge in [0.1, 0.15) is 0 Å². The molecule has 0 fully saturated rings. The maximum atomic E-state index is 2.44. The van der Waals surface area contributed by atoms with E-state index < -0.39 is 0 Å². The molecule has 0 aliphatic heterocycles. The van der Waals surface area contributed by atoms with Crippen molar-refractivity contribution in [1.82, 2.24) is 4.40 Å². The first-order valence-corrected chi connectivity index (χ1v) is 9.84. The number of pyridine rings is 1. The highest BCUT2D eigenvalue weighted by atomic mass is 14.9. The Kier molecular flexibility index (Phi) is 2.60. The van der Waals surface area contributed by atoms with Gasteiger partial charge in [-0.2, -0.15) is 0 Å². The molecule has 7 rings (SSSR count). The summed E-state index contributed by atoms with van der Waals surface area (Å²) in [5.41, 5.74) is 9.52. The molecule has 0 unspecified atom stereocenters. The molecule has 0 atom stereocenters. The van der Waals surface area contributed by atoms with Gasteiger partial charge < -0.3 is 4.40 Å². The average molecular weight is 355 g/mol. The van der Waals surface area contributed by atoms with Crippen LogP contribution in [0.15, 0.2) is 91.0 Å². The third kappa shape index (κ3) is 1.72. The number of nitrogens with zero attached hydrogens (tertiary/aromatic N) is 1. The van der Waals surface area contributed by atoms with Crippen molar-refractivity contribution in [1.29, 1.82) is 0 Å². The number of hydrogen-bond donors (Lipinski definition) is 0. The van der Waals surface area contributed by atoms with E-state index in [-0.39, 0.29) is 0 Å².